The normalized spacial score (nSPS) is 13.1. The Bertz CT molecular complexity index is 162. The van der Waals surface area contributed by atoms with Gasteiger partial charge in [0.05, 0.1) is 0 Å². The maximum absolute atomic E-state index is 4.43. The van der Waals surface area contributed by atoms with Crippen LogP contribution in [0.4, 0.5) is 0 Å². The van der Waals surface area contributed by atoms with E-state index >= 15 is 0 Å². The standard InChI is InChI=1S/C12H24N.Li/c1-6-8-13-9-7-12(4,5)10-11(2)3;/h8,11H,1,6-7,9-10H2,2-5H3;. The van der Waals surface area contributed by atoms with Crippen LogP contribution in [-0.2, 0) is 0 Å². The second-order valence-electron chi connectivity index (χ2n) is 5.39. The van der Waals surface area contributed by atoms with Gasteiger partial charge in [-0.1, -0.05) is 0 Å². The number of hydrogen-bond acceptors (Lipinski definition) is 1. The first-order valence-electron chi connectivity index (χ1n) is 5.96. The Morgan fingerprint density at radius 3 is 2.50 bits per heavy atom. The van der Waals surface area contributed by atoms with Crippen molar-refractivity contribution in [2.24, 2.45) is 16.3 Å². The van der Waals surface area contributed by atoms with Gasteiger partial charge in [-0.2, -0.15) is 0 Å². The zero-order chi connectivity index (χ0) is 11.0. The van der Waals surface area contributed by atoms with Crippen LogP contribution >= 0.6 is 0 Å². The fraction of sp³-hybridized carbons (Fsp3) is 0.917. The summed E-state index contributed by atoms with van der Waals surface area (Å²) in [5, 5.41) is 1.21. The molecule has 0 bridgehead atoms. The molecular weight excluding hydrogens is 165 g/mol. The SMILES string of the molecule is [Li][CH2]CC=NCCC(C)(C)CC(C)C. The van der Waals surface area contributed by atoms with E-state index in [0.29, 0.717) is 5.41 Å². The minimum absolute atomic E-state index is 0.456. The van der Waals surface area contributed by atoms with Gasteiger partial charge in [0.15, 0.2) is 0 Å². The quantitative estimate of drug-likeness (QED) is 0.429. The second kappa shape index (κ2) is 7.54. The molecule has 0 radical (unpaired) electrons. The predicted octanol–water partition coefficient (Wildman–Crippen LogP) is 3.50. The molecule has 0 aliphatic rings. The van der Waals surface area contributed by atoms with Crippen LogP contribution in [0.5, 0.6) is 0 Å². The summed E-state index contributed by atoms with van der Waals surface area (Å²) in [5.41, 5.74) is 0.456. The molecular formula is C12H24LiN. The Kier molecular flexibility index (Phi) is 7.69. The van der Waals surface area contributed by atoms with E-state index < -0.39 is 0 Å². The summed E-state index contributed by atoms with van der Waals surface area (Å²) >= 11 is 2.19. The Morgan fingerprint density at radius 2 is 2.00 bits per heavy atom. The molecule has 0 aromatic rings. The molecule has 0 aromatic heterocycles. The van der Waals surface area contributed by atoms with Crippen molar-refractivity contribution in [2.45, 2.75) is 52.1 Å². The molecule has 0 saturated carbocycles. The molecule has 14 heavy (non-hydrogen) atoms. The molecule has 1 nitrogen and oxygen atoms in total. The number of nitrogens with zero attached hydrogens (tertiary/aromatic N) is 1. The van der Waals surface area contributed by atoms with Gasteiger partial charge in [0.1, 0.15) is 0 Å². The van der Waals surface area contributed by atoms with E-state index in [2.05, 4.69) is 56.6 Å². The molecule has 0 amide bonds. The van der Waals surface area contributed by atoms with Crippen LogP contribution in [0, 0.1) is 11.3 Å². The number of aliphatic imine (C=N–C) groups is 1. The average molecular weight is 189 g/mol. The van der Waals surface area contributed by atoms with Crippen LogP contribution in [0.25, 0.3) is 0 Å². The van der Waals surface area contributed by atoms with Crippen molar-refractivity contribution in [3.8, 4) is 0 Å². The Morgan fingerprint density at radius 1 is 1.36 bits per heavy atom. The van der Waals surface area contributed by atoms with Crippen molar-refractivity contribution in [2.75, 3.05) is 6.54 Å². The van der Waals surface area contributed by atoms with Crippen molar-refractivity contribution in [1.29, 1.82) is 0 Å². The van der Waals surface area contributed by atoms with Crippen molar-refractivity contribution < 1.29 is 0 Å². The maximum atomic E-state index is 4.43. The molecule has 0 rings (SSSR count). The van der Waals surface area contributed by atoms with Crippen LogP contribution in [0.1, 0.15) is 47.0 Å². The Balaban J connectivity index is 3.64. The Hall–Kier alpha value is 0.267. The summed E-state index contributed by atoms with van der Waals surface area (Å²) in [7, 11) is 0. The van der Waals surface area contributed by atoms with E-state index in [-0.39, 0.29) is 0 Å². The third kappa shape index (κ3) is 8.85. The first-order chi connectivity index (χ1) is 6.48. The van der Waals surface area contributed by atoms with Gasteiger partial charge < -0.3 is 0 Å². The van der Waals surface area contributed by atoms with Crippen molar-refractivity contribution in [3.63, 3.8) is 0 Å². The van der Waals surface area contributed by atoms with Crippen LogP contribution < -0.4 is 0 Å². The average Bonchev–Trinajstić information content (AvgIpc) is 2.01. The van der Waals surface area contributed by atoms with Gasteiger partial charge in [0.25, 0.3) is 0 Å². The topological polar surface area (TPSA) is 12.4 Å². The van der Waals surface area contributed by atoms with Gasteiger partial charge in [0, 0.05) is 0 Å². The molecule has 0 aromatic carbocycles. The van der Waals surface area contributed by atoms with Crippen LogP contribution in [-0.4, -0.2) is 30.5 Å². The van der Waals surface area contributed by atoms with Gasteiger partial charge in [-0.25, -0.2) is 0 Å². The molecule has 78 valence electrons. The number of hydrogen-bond donors (Lipinski definition) is 0. The predicted molar refractivity (Wildman–Crippen MR) is 66.4 cm³/mol. The third-order valence-corrected chi connectivity index (χ3v) is 2.43. The Labute approximate surface area is 99.0 Å². The van der Waals surface area contributed by atoms with E-state index in [4.69, 9.17) is 0 Å². The molecule has 0 heterocycles. The van der Waals surface area contributed by atoms with Gasteiger partial charge in [-0.3, -0.25) is 0 Å². The van der Waals surface area contributed by atoms with E-state index in [0.717, 1.165) is 18.9 Å². The molecule has 0 aliphatic carbocycles. The summed E-state index contributed by atoms with van der Waals surface area (Å²) in [4.78, 5) is 4.43. The van der Waals surface area contributed by atoms with Gasteiger partial charge in [-0.05, 0) is 0 Å². The van der Waals surface area contributed by atoms with Crippen molar-refractivity contribution in [3.05, 3.63) is 0 Å². The molecule has 0 atom stereocenters. The molecule has 0 spiro atoms. The van der Waals surface area contributed by atoms with Gasteiger partial charge in [0.2, 0.25) is 0 Å². The van der Waals surface area contributed by atoms with E-state index in [1.165, 1.54) is 17.9 Å². The van der Waals surface area contributed by atoms with Gasteiger partial charge in [-0.15, -0.1) is 0 Å². The summed E-state index contributed by atoms with van der Waals surface area (Å²) < 4.78 is 0. The molecule has 0 aliphatic heterocycles. The second-order valence-corrected chi connectivity index (χ2v) is 5.39. The molecule has 0 fully saturated rings. The molecule has 0 saturated heterocycles. The molecule has 2 heteroatoms. The zero-order valence-corrected chi connectivity index (χ0v) is 10.6. The van der Waals surface area contributed by atoms with E-state index in [9.17, 15) is 0 Å². The van der Waals surface area contributed by atoms with Gasteiger partial charge >= 0.3 is 98.9 Å². The first kappa shape index (κ1) is 14.3. The van der Waals surface area contributed by atoms with Crippen molar-refractivity contribution in [1.82, 2.24) is 0 Å². The minimum atomic E-state index is 0.456. The summed E-state index contributed by atoms with van der Waals surface area (Å²) in [6.45, 7) is 10.3. The fourth-order valence-corrected chi connectivity index (χ4v) is 1.89. The molecule has 0 N–H and O–H groups in total. The fourth-order valence-electron chi connectivity index (χ4n) is 1.89. The van der Waals surface area contributed by atoms with E-state index in [1.54, 1.807) is 0 Å². The monoisotopic (exact) mass is 189 g/mol. The van der Waals surface area contributed by atoms with E-state index in [1.807, 2.05) is 0 Å². The van der Waals surface area contributed by atoms with Crippen molar-refractivity contribution >= 4 is 23.9 Å². The zero-order valence-electron chi connectivity index (χ0n) is 10.6. The van der Waals surface area contributed by atoms with Crippen LogP contribution in [0.3, 0.4) is 0 Å². The summed E-state index contributed by atoms with van der Waals surface area (Å²) in [6.07, 6.45) is 5.72. The van der Waals surface area contributed by atoms with Crippen LogP contribution in [0.15, 0.2) is 4.99 Å². The number of rotatable bonds is 7. The molecule has 0 unspecified atom stereocenters. The third-order valence-electron chi connectivity index (χ3n) is 2.43. The summed E-state index contributed by atoms with van der Waals surface area (Å²) in [6, 6.07) is 0. The first-order valence-corrected chi connectivity index (χ1v) is 5.96. The summed E-state index contributed by atoms with van der Waals surface area (Å²) in [5.74, 6) is 0.796. The van der Waals surface area contributed by atoms with Crippen LogP contribution in [0.2, 0.25) is 5.09 Å².